The van der Waals surface area contributed by atoms with Gasteiger partial charge in [0.15, 0.2) is 0 Å². The summed E-state index contributed by atoms with van der Waals surface area (Å²) in [4.78, 5) is 12.6. The quantitative estimate of drug-likeness (QED) is 0.918. The van der Waals surface area contributed by atoms with Crippen LogP contribution in [-0.2, 0) is 4.74 Å². The number of hydrogen-bond acceptors (Lipinski definition) is 3. The SMILES string of the molecule is COCC(C(C)C)n1c(N)cc2ccccc2c1=O. The summed E-state index contributed by atoms with van der Waals surface area (Å²) >= 11 is 0. The highest BCUT2D eigenvalue weighted by atomic mass is 16.5. The third-order valence-electron chi connectivity index (χ3n) is 3.43. The molecule has 1 unspecified atom stereocenters. The largest absolute Gasteiger partial charge is 0.385 e. The normalized spacial score (nSPS) is 13.1. The first-order chi connectivity index (χ1) is 9.06. The first kappa shape index (κ1) is 13.6. The number of ether oxygens (including phenoxy) is 1. The van der Waals surface area contributed by atoms with Gasteiger partial charge in [-0.25, -0.2) is 0 Å². The fourth-order valence-electron chi connectivity index (χ4n) is 2.37. The van der Waals surface area contributed by atoms with Gasteiger partial charge in [-0.15, -0.1) is 0 Å². The Hall–Kier alpha value is -1.81. The molecule has 1 heterocycles. The van der Waals surface area contributed by atoms with Crippen LogP contribution in [0.3, 0.4) is 0 Å². The molecule has 2 N–H and O–H groups in total. The van der Waals surface area contributed by atoms with Gasteiger partial charge in [0.2, 0.25) is 0 Å². The van der Waals surface area contributed by atoms with Crippen molar-refractivity contribution in [1.82, 2.24) is 4.57 Å². The van der Waals surface area contributed by atoms with Crippen LogP contribution in [0.25, 0.3) is 10.8 Å². The van der Waals surface area contributed by atoms with E-state index in [0.717, 1.165) is 5.39 Å². The summed E-state index contributed by atoms with van der Waals surface area (Å²) in [5.74, 6) is 0.751. The Balaban J connectivity index is 2.68. The van der Waals surface area contributed by atoms with Crippen LogP contribution < -0.4 is 11.3 Å². The first-order valence-electron chi connectivity index (χ1n) is 6.45. The van der Waals surface area contributed by atoms with E-state index in [4.69, 9.17) is 10.5 Å². The lowest BCUT2D eigenvalue weighted by molar-refractivity contribution is 0.133. The molecule has 0 spiro atoms. The number of anilines is 1. The molecule has 0 aliphatic heterocycles. The number of rotatable bonds is 4. The van der Waals surface area contributed by atoms with E-state index in [2.05, 4.69) is 13.8 Å². The van der Waals surface area contributed by atoms with E-state index in [1.165, 1.54) is 0 Å². The average molecular weight is 260 g/mol. The Morgan fingerprint density at radius 1 is 1.32 bits per heavy atom. The van der Waals surface area contributed by atoms with Gasteiger partial charge in [-0.05, 0) is 23.4 Å². The highest BCUT2D eigenvalue weighted by Crippen LogP contribution is 2.22. The molecule has 0 fully saturated rings. The Labute approximate surface area is 112 Å². The van der Waals surface area contributed by atoms with Gasteiger partial charge in [-0.2, -0.15) is 0 Å². The molecule has 0 amide bonds. The molecule has 1 aromatic heterocycles. The zero-order valence-corrected chi connectivity index (χ0v) is 11.6. The average Bonchev–Trinajstić information content (AvgIpc) is 2.37. The van der Waals surface area contributed by atoms with E-state index in [1.54, 1.807) is 11.7 Å². The van der Waals surface area contributed by atoms with Gasteiger partial charge in [-0.1, -0.05) is 32.0 Å². The second-order valence-electron chi connectivity index (χ2n) is 5.10. The lowest BCUT2D eigenvalue weighted by atomic mass is 10.0. The van der Waals surface area contributed by atoms with E-state index in [0.29, 0.717) is 17.8 Å². The lowest BCUT2D eigenvalue weighted by Crippen LogP contribution is -2.32. The number of methoxy groups -OCH3 is 1. The van der Waals surface area contributed by atoms with Crippen molar-refractivity contribution in [1.29, 1.82) is 0 Å². The van der Waals surface area contributed by atoms with Crippen LogP contribution in [0, 0.1) is 5.92 Å². The third kappa shape index (κ3) is 2.49. The molecule has 0 radical (unpaired) electrons. The summed E-state index contributed by atoms with van der Waals surface area (Å²) in [6.07, 6.45) is 0. The monoisotopic (exact) mass is 260 g/mol. The van der Waals surface area contributed by atoms with Crippen LogP contribution in [0.15, 0.2) is 35.1 Å². The highest BCUT2D eigenvalue weighted by Gasteiger charge is 2.20. The molecule has 4 heteroatoms. The van der Waals surface area contributed by atoms with Gasteiger partial charge in [0, 0.05) is 12.5 Å². The maximum Gasteiger partial charge on any atom is 0.260 e. The molecule has 0 aliphatic rings. The van der Waals surface area contributed by atoms with Crippen molar-refractivity contribution in [3.8, 4) is 0 Å². The van der Waals surface area contributed by atoms with Crippen molar-refractivity contribution in [2.45, 2.75) is 19.9 Å². The van der Waals surface area contributed by atoms with Gasteiger partial charge in [-0.3, -0.25) is 9.36 Å². The number of aromatic nitrogens is 1. The van der Waals surface area contributed by atoms with E-state index in [1.807, 2.05) is 30.3 Å². The predicted octanol–water partition coefficient (Wildman–Crippen LogP) is 2.43. The van der Waals surface area contributed by atoms with Crippen LogP contribution >= 0.6 is 0 Å². The van der Waals surface area contributed by atoms with E-state index < -0.39 is 0 Å². The van der Waals surface area contributed by atoms with Crippen LogP contribution in [0.2, 0.25) is 0 Å². The van der Waals surface area contributed by atoms with Gasteiger partial charge in [0.05, 0.1) is 12.6 Å². The zero-order valence-electron chi connectivity index (χ0n) is 11.6. The van der Waals surface area contributed by atoms with Crippen molar-refractivity contribution in [3.05, 3.63) is 40.7 Å². The number of pyridine rings is 1. The molecule has 4 nitrogen and oxygen atoms in total. The van der Waals surface area contributed by atoms with Crippen molar-refractivity contribution in [3.63, 3.8) is 0 Å². The van der Waals surface area contributed by atoms with Gasteiger partial charge in [0.1, 0.15) is 5.82 Å². The van der Waals surface area contributed by atoms with Crippen LogP contribution in [-0.4, -0.2) is 18.3 Å². The number of nitrogens with zero attached hydrogens (tertiary/aromatic N) is 1. The Morgan fingerprint density at radius 3 is 2.63 bits per heavy atom. The maximum absolute atomic E-state index is 12.6. The number of fused-ring (bicyclic) bond motifs is 1. The predicted molar refractivity (Wildman–Crippen MR) is 78.4 cm³/mol. The fraction of sp³-hybridized carbons (Fsp3) is 0.400. The molecule has 2 aromatic rings. The smallest absolute Gasteiger partial charge is 0.260 e. The van der Waals surface area contributed by atoms with Crippen LogP contribution in [0.4, 0.5) is 5.82 Å². The molecular formula is C15H20N2O2. The summed E-state index contributed by atoms with van der Waals surface area (Å²) in [5.41, 5.74) is 6.01. The summed E-state index contributed by atoms with van der Waals surface area (Å²) in [5, 5.41) is 1.57. The lowest BCUT2D eigenvalue weighted by Gasteiger charge is -2.25. The summed E-state index contributed by atoms with van der Waals surface area (Å²) in [7, 11) is 1.64. The molecule has 0 saturated carbocycles. The first-order valence-corrected chi connectivity index (χ1v) is 6.45. The minimum Gasteiger partial charge on any atom is -0.385 e. The maximum atomic E-state index is 12.6. The van der Waals surface area contributed by atoms with E-state index >= 15 is 0 Å². The van der Waals surface area contributed by atoms with Crippen LogP contribution in [0.1, 0.15) is 19.9 Å². The van der Waals surface area contributed by atoms with Crippen molar-refractivity contribution < 1.29 is 4.74 Å². The van der Waals surface area contributed by atoms with Crippen molar-refractivity contribution in [2.75, 3.05) is 19.5 Å². The minimum absolute atomic E-state index is 0.0497. The fourth-order valence-corrected chi connectivity index (χ4v) is 2.37. The molecule has 2 rings (SSSR count). The molecule has 1 atom stereocenters. The van der Waals surface area contributed by atoms with E-state index in [-0.39, 0.29) is 17.5 Å². The highest BCUT2D eigenvalue weighted by molar-refractivity contribution is 5.83. The molecular weight excluding hydrogens is 240 g/mol. The second kappa shape index (κ2) is 5.45. The number of hydrogen-bond donors (Lipinski definition) is 1. The summed E-state index contributed by atoms with van der Waals surface area (Å²) in [6.45, 7) is 4.59. The van der Waals surface area contributed by atoms with Gasteiger partial charge >= 0.3 is 0 Å². The molecule has 102 valence electrons. The molecule has 0 saturated heterocycles. The van der Waals surface area contributed by atoms with Crippen molar-refractivity contribution >= 4 is 16.6 Å². The second-order valence-corrected chi connectivity index (χ2v) is 5.10. The molecule has 0 bridgehead atoms. The Bertz CT molecular complexity index is 632. The number of nitrogen functional groups attached to an aromatic ring is 1. The summed E-state index contributed by atoms with van der Waals surface area (Å²) in [6, 6.07) is 9.30. The van der Waals surface area contributed by atoms with Crippen molar-refractivity contribution in [2.24, 2.45) is 5.92 Å². The molecule has 0 aliphatic carbocycles. The zero-order chi connectivity index (χ0) is 14.0. The minimum atomic E-state index is -0.0536. The molecule has 19 heavy (non-hydrogen) atoms. The Kier molecular flexibility index (Phi) is 3.90. The topological polar surface area (TPSA) is 57.2 Å². The Morgan fingerprint density at radius 2 is 2.00 bits per heavy atom. The third-order valence-corrected chi connectivity index (χ3v) is 3.43. The van der Waals surface area contributed by atoms with E-state index in [9.17, 15) is 4.79 Å². The molecule has 1 aromatic carbocycles. The number of benzene rings is 1. The number of nitrogens with two attached hydrogens (primary N) is 1. The van der Waals surface area contributed by atoms with Gasteiger partial charge in [0.25, 0.3) is 5.56 Å². The van der Waals surface area contributed by atoms with Gasteiger partial charge < -0.3 is 10.5 Å². The van der Waals surface area contributed by atoms with Crippen LogP contribution in [0.5, 0.6) is 0 Å². The summed E-state index contributed by atoms with van der Waals surface area (Å²) < 4.78 is 6.88. The standard InChI is InChI=1S/C15H20N2O2/c1-10(2)13(9-19-3)17-14(16)8-11-6-4-5-7-12(11)15(17)18/h4-8,10,13H,9,16H2,1-3H3.